The Labute approximate surface area is 87.3 Å². The van der Waals surface area contributed by atoms with Crippen LogP contribution in [0.5, 0.6) is 5.75 Å². The molecule has 0 aromatic heterocycles. The fraction of sp³-hybridized carbons (Fsp3) is 0.300. The van der Waals surface area contributed by atoms with Crippen molar-refractivity contribution in [2.24, 2.45) is 0 Å². The number of nitriles is 1. The van der Waals surface area contributed by atoms with Crippen molar-refractivity contribution in [3.8, 4) is 11.2 Å². The molecule has 3 nitrogen and oxygen atoms in total. The molecular formula is C10H11NO2S. The minimum absolute atomic E-state index is 0.221. The third-order valence-electron chi connectivity index (χ3n) is 1.53. The Morgan fingerprint density at radius 3 is 2.79 bits per heavy atom. The summed E-state index contributed by atoms with van der Waals surface area (Å²) in [4.78, 5) is 0. The maximum absolute atomic E-state index is 9.34. The predicted octanol–water partition coefficient (Wildman–Crippen LogP) is 1.64. The summed E-state index contributed by atoms with van der Waals surface area (Å²) < 4.78 is 5.29. The highest BCUT2D eigenvalue weighted by molar-refractivity contribution is 8.03. The van der Waals surface area contributed by atoms with Gasteiger partial charge in [0.25, 0.3) is 0 Å². The van der Waals surface area contributed by atoms with Crippen LogP contribution in [0.25, 0.3) is 0 Å². The molecule has 1 rings (SSSR count). The molecule has 0 aliphatic heterocycles. The molecule has 0 saturated carbocycles. The minimum Gasteiger partial charge on any atom is -0.491 e. The van der Waals surface area contributed by atoms with Crippen molar-refractivity contribution in [2.75, 3.05) is 12.4 Å². The number of ether oxygens (including phenoxy) is 1. The monoisotopic (exact) mass is 209 g/mol. The Hall–Kier alpha value is -1.18. The zero-order valence-electron chi connectivity index (χ0n) is 7.59. The molecule has 1 atom stereocenters. The van der Waals surface area contributed by atoms with Gasteiger partial charge in [-0.05, 0) is 23.9 Å². The Bertz CT molecular complexity index is 297. The zero-order valence-corrected chi connectivity index (χ0v) is 8.41. The molecule has 0 fully saturated rings. The summed E-state index contributed by atoms with van der Waals surface area (Å²) in [5.74, 6) is 1.11. The van der Waals surface area contributed by atoms with Gasteiger partial charge in [-0.2, -0.15) is 5.26 Å². The van der Waals surface area contributed by atoms with Gasteiger partial charge in [0, 0.05) is 5.75 Å². The van der Waals surface area contributed by atoms with Gasteiger partial charge in [0.2, 0.25) is 0 Å². The minimum atomic E-state index is -0.597. The first-order chi connectivity index (χ1) is 6.83. The van der Waals surface area contributed by atoms with Gasteiger partial charge < -0.3 is 9.84 Å². The number of nitrogens with zero attached hydrogens (tertiary/aromatic N) is 1. The molecule has 0 aliphatic rings. The van der Waals surface area contributed by atoms with Crippen molar-refractivity contribution in [1.29, 1.82) is 5.26 Å². The number of hydrogen-bond donors (Lipinski definition) is 1. The maximum Gasteiger partial charge on any atom is 0.133 e. The van der Waals surface area contributed by atoms with E-state index < -0.39 is 6.10 Å². The van der Waals surface area contributed by atoms with Gasteiger partial charge >= 0.3 is 0 Å². The summed E-state index contributed by atoms with van der Waals surface area (Å²) in [6.07, 6.45) is -0.597. The van der Waals surface area contributed by atoms with Crippen LogP contribution in [0.1, 0.15) is 0 Å². The van der Waals surface area contributed by atoms with Crippen LogP contribution in [0.4, 0.5) is 0 Å². The molecular weight excluding hydrogens is 198 g/mol. The number of para-hydroxylation sites is 1. The Morgan fingerprint density at radius 2 is 2.14 bits per heavy atom. The summed E-state index contributed by atoms with van der Waals surface area (Å²) in [5.41, 5.74) is 0. The van der Waals surface area contributed by atoms with Crippen LogP contribution in [0.3, 0.4) is 0 Å². The normalized spacial score (nSPS) is 11.7. The molecule has 0 bridgehead atoms. The lowest BCUT2D eigenvalue weighted by Gasteiger charge is -2.09. The highest BCUT2D eigenvalue weighted by Gasteiger charge is 2.04. The largest absolute Gasteiger partial charge is 0.491 e. The standard InChI is InChI=1S/C10H11NO2S/c11-8-14-7-9(12)6-13-10-4-2-1-3-5-10/h1-5,9,12H,6-7H2. The van der Waals surface area contributed by atoms with E-state index >= 15 is 0 Å². The third-order valence-corrected chi connectivity index (χ3v) is 2.21. The van der Waals surface area contributed by atoms with E-state index in [1.54, 1.807) is 0 Å². The van der Waals surface area contributed by atoms with Crippen LogP contribution in [-0.4, -0.2) is 23.6 Å². The van der Waals surface area contributed by atoms with Gasteiger partial charge in [-0.1, -0.05) is 18.2 Å². The topological polar surface area (TPSA) is 53.2 Å². The maximum atomic E-state index is 9.34. The van der Waals surface area contributed by atoms with E-state index in [1.807, 2.05) is 35.7 Å². The van der Waals surface area contributed by atoms with E-state index in [-0.39, 0.29) is 6.61 Å². The summed E-state index contributed by atoms with van der Waals surface area (Å²) >= 11 is 1.03. The van der Waals surface area contributed by atoms with Crippen LogP contribution in [0.2, 0.25) is 0 Å². The molecule has 1 unspecified atom stereocenters. The predicted molar refractivity (Wildman–Crippen MR) is 56.0 cm³/mol. The second-order valence-electron chi connectivity index (χ2n) is 2.68. The molecule has 0 spiro atoms. The number of hydrogen-bond acceptors (Lipinski definition) is 4. The fourth-order valence-electron chi connectivity index (χ4n) is 0.891. The number of aliphatic hydroxyl groups excluding tert-OH is 1. The summed E-state index contributed by atoms with van der Waals surface area (Å²) in [5, 5.41) is 19.5. The lowest BCUT2D eigenvalue weighted by Crippen LogP contribution is -2.19. The van der Waals surface area contributed by atoms with E-state index in [0.29, 0.717) is 5.75 Å². The Balaban J connectivity index is 2.24. The second-order valence-corrected chi connectivity index (χ2v) is 3.48. The number of benzene rings is 1. The van der Waals surface area contributed by atoms with Crippen LogP contribution < -0.4 is 4.74 Å². The van der Waals surface area contributed by atoms with Crippen molar-refractivity contribution < 1.29 is 9.84 Å². The van der Waals surface area contributed by atoms with Crippen molar-refractivity contribution >= 4 is 11.8 Å². The van der Waals surface area contributed by atoms with Crippen LogP contribution in [0, 0.1) is 10.7 Å². The molecule has 1 aromatic carbocycles. The second kappa shape index (κ2) is 6.30. The van der Waals surface area contributed by atoms with E-state index in [9.17, 15) is 5.11 Å². The summed E-state index contributed by atoms with van der Waals surface area (Å²) in [6, 6.07) is 9.28. The van der Waals surface area contributed by atoms with Crippen LogP contribution in [-0.2, 0) is 0 Å². The highest BCUT2D eigenvalue weighted by Crippen LogP contribution is 2.09. The molecule has 0 radical (unpaired) electrons. The Kier molecular flexibility index (Phi) is 4.90. The first-order valence-corrected chi connectivity index (χ1v) is 5.18. The molecule has 4 heteroatoms. The van der Waals surface area contributed by atoms with Crippen molar-refractivity contribution in [3.63, 3.8) is 0 Å². The fourth-order valence-corrected chi connectivity index (χ4v) is 1.25. The molecule has 74 valence electrons. The SMILES string of the molecule is N#CSCC(O)COc1ccccc1. The highest BCUT2D eigenvalue weighted by atomic mass is 32.2. The Morgan fingerprint density at radius 1 is 1.43 bits per heavy atom. The first kappa shape index (κ1) is 10.9. The molecule has 0 heterocycles. The quantitative estimate of drug-likeness (QED) is 0.749. The van der Waals surface area contributed by atoms with Crippen molar-refractivity contribution in [1.82, 2.24) is 0 Å². The average Bonchev–Trinajstić information content (AvgIpc) is 2.25. The van der Waals surface area contributed by atoms with Crippen LogP contribution >= 0.6 is 11.8 Å². The number of rotatable bonds is 5. The number of thiocyanates is 1. The third kappa shape index (κ3) is 4.17. The average molecular weight is 209 g/mol. The van der Waals surface area contributed by atoms with Gasteiger partial charge in [-0.15, -0.1) is 0 Å². The van der Waals surface area contributed by atoms with Gasteiger partial charge in [-0.3, -0.25) is 0 Å². The lowest BCUT2D eigenvalue weighted by atomic mass is 10.3. The van der Waals surface area contributed by atoms with E-state index in [2.05, 4.69) is 0 Å². The molecule has 14 heavy (non-hydrogen) atoms. The van der Waals surface area contributed by atoms with E-state index in [1.165, 1.54) is 0 Å². The molecule has 1 aromatic rings. The zero-order chi connectivity index (χ0) is 10.2. The van der Waals surface area contributed by atoms with E-state index in [0.717, 1.165) is 17.5 Å². The molecule has 0 aliphatic carbocycles. The smallest absolute Gasteiger partial charge is 0.133 e. The number of aliphatic hydroxyl groups is 1. The van der Waals surface area contributed by atoms with Gasteiger partial charge in [0.1, 0.15) is 17.8 Å². The van der Waals surface area contributed by atoms with Crippen molar-refractivity contribution in [2.45, 2.75) is 6.10 Å². The van der Waals surface area contributed by atoms with Crippen molar-refractivity contribution in [3.05, 3.63) is 30.3 Å². The van der Waals surface area contributed by atoms with E-state index in [4.69, 9.17) is 10.00 Å². The molecule has 0 amide bonds. The first-order valence-electron chi connectivity index (χ1n) is 4.19. The van der Waals surface area contributed by atoms with Crippen LogP contribution in [0.15, 0.2) is 30.3 Å². The summed E-state index contributed by atoms with van der Waals surface area (Å²) in [6.45, 7) is 0.221. The van der Waals surface area contributed by atoms with Gasteiger partial charge in [0.05, 0.1) is 6.10 Å². The van der Waals surface area contributed by atoms with Gasteiger partial charge in [0.15, 0.2) is 0 Å². The molecule has 1 N–H and O–H groups in total. The summed E-state index contributed by atoms with van der Waals surface area (Å²) in [7, 11) is 0. The lowest BCUT2D eigenvalue weighted by molar-refractivity contribution is 0.126. The molecule has 0 saturated heterocycles. The number of thioether (sulfide) groups is 1. The van der Waals surface area contributed by atoms with Gasteiger partial charge in [-0.25, -0.2) is 0 Å².